The summed E-state index contributed by atoms with van der Waals surface area (Å²) in [4.78, 5) is 22.1. The first kappa shape index (κ1) is 12.2. The molecule has 0 aromatic carbocycles. The van der Waals surface area contributed by atoms with Gasteiger partial charge in [-0.3, -0.25) is 9.59 Å². The quantitative estimate of drug-likeness (QED) is 0.814. The molecule has 2 aromatic heterocycles. The average Bonchev–Trinajstić information content (AvgIpc) is 2.95. The Balaban J connectivity index is 1.88. The highest BCUT2D eigenvalue weighted by atomic mass is 32.1. The summed E-state index contributed by atoms with van der Waals surface area (Å²) in [5.74, 6) is -1.18. The van der Waals surface area contributed by atoms with E-state index in [1.165, 1.54) is 22.2 Å². The predicted molar refractivity (Wildman–Crippen MR) is 63.1 cm³/mol. The Morgan fingerprint density at radius 3 is 3.00 bits per heavy atom. The molecule has 0 saturated carbocycles. The largest absolute Gasteiger partial charge is 0.480 e. The molecule has 0 aliphatic heterocycles. The van der Waals surface area contributed by atoms with E-state index in [1.807, 2.05) is 5.38 Å². The molecule has 7 nitrogen and oxygen atoms in total. The van der Waals surface area contributed by atoms with Crippen LogP contribution < -0.4 is 5.32 Å². The maximum atomic E-state index is 11.6. The van der Waals surface area contributed by atoms with Crippen LogP contribution in [0.3, 0.4) is 0 Å². The van der Waals surface area contributed by atoms with Gasteiger partial charge in [-0.25, -0.2) is 4.68 Å². The number of aromatic nitrogens is 3. The van der Waals surface area contributed by atoms with Gasteiger partial charge in [-0.1, -0.05) is 5.21 Å². The smallest absolute Gasteiger partial charge is 0.325 e. The highest BCUT2D eigenvalue weighted by Gasteiger charge is 2.08. The molecule has 0 bridgehead atoms. The van der Waals surface area contributed by atoms with Gasteiger partial charge < -0.3 is 10.4 Å². The molecule has 0 atom stereocenters. The Morgan fingerprint density at radius 2 is 2.33 bits per heavy atom. The molecule has 2 N–H and O–H groups in total. The zero-order valence-corrected chi connectivity index (χ0v) is 10.1. The maximum Gasteiger partial charge on any atom is 0.325 e. The van der Waals surface area contributed by atoms with E-state index in [4.69, 9.17) is 5.11 Å². The number of carbonyl (C=O) groups excluding carboxylic acids is 1. The van der Waals surface area contributed by atoms with E-state index < -0.39 is 5.97 Å². The fourth-order valence-electron chi connectivity index (χ4n) is 1.30. The van der Waals surface area contributed by atoms with E-state index in [0.717, 1.165) is 0 Å². The summed E-state index contributed by atoms with van der Waals surface area (Å²) in [6.45, 7) is -0.0280. The van der Waals surface area contributed by atoms with Gasteiger partial charge in [0, 0.05) is 10.9 Å². The summed E-state index contributed by atoms with van der Waals surface area (Å²) >= 11 is 1.44. The Kier molecular flexibility index (Phi) is 3.68. The van der Waals surface area contributed by atoms with Crippen LogP contribution in [0, 0.1) is 0 Å². The van der Waals surface area contributed by atoms with Crippen LogP contribution in [0.2, 0.25) is 0 Å². The first-order chi connectivity index (χ1) is 8.65. The third-order valence-corrected chi connectivity index (χ3v) is 2.78. The van der Waals surface area contributed by atoms with Gasteiger partial charge in [-0.2, -0.15) is 11.3 Å². The number of carboxylic acid groups (broad SMARTS) is 1. The van der Waals surface area contributed by atoms with Crippen molar-refractivity contribution in [3.63, 3.8) is 0 Å². The SMILES string of the molecule is O=C(O)Cn1cc(CNC(=O)c2ccsc2)nn1. The van der Waals surface area contributed by atoms with Crippen LogP contribution in [0.25, 0.3) is 0 Å². The lowest BCUT2D eigenvalue weighted by atomic mass is 10.3. The number of carbonyl (C=O) groups is 2. The molecule has 8 heteroatoms. The first-order valence-electron chi connectivity index (χ1n) is 5.06. The molecule has 0 fully saturated rings. The molecule has 1 amide bonds. The van der Waals surface area contributed by atoms with Crippen molar-refractivity contribution in [3.05, 3.63) is 34.3 Å². The molecule has 0 radical (unpaired) electrons. The van der Waals surface area contributed by atoms with Gasteiger partial charge in [-0.15, -0.1) is 5.10 Å². The number of carboxylic acids is 1. The predicted octanol–water partition coefficient (Wildman–Crippen LogP) is 0.354. The van der Waals surface area contributed by atoms with Crippen molar-refractivity contribution in [3.8, 4) is 0 Å². The normalized spacial score (nSPS) is 10.2. The van der Waals surface area contributed by atoms with Crippen LogP contribution in [0.5, 0.6) is 0 Å². The third-order valence-electron chi connectivity index (χ3n) is 2.10. The molecular weight excluding hydrogens is 256 g/mol. The van der Waals surface area contributed by atoms with E-state index >= 15 is 0 Å². The molecule has 2 heterocycles. The number of amides is 1. The molecule has 0 unspecified atom stereocenters. The van der Waals surface area contributed by atoms with Gasteiger partial charge in [0.1, 0.15) is 12.2 Å². The highest BCUT2D eigenvalue weighted by molar-refractivity contribution is 7.08. The van der Waals surface area contributed by atoms with Crippen LogP contribution in [-0.2, 0) is 17.9 Å². The summed E-state index contributed by atoms with van der Waals surface area (Å²) < 4.78 is 1.20. The van der Waals surface area contributed by atoms with E-state index in [2.05, 4.69) is 15.6 Å². The Hall–Kier alpha value is -2.22. The molecule has 0 spiro atoms. The molecule has 2 rings (SSSR count). The molecular formula is C10H10N4O3S. The number of rotatable bonds is 5. The Morgan fingerprint density at radius 1 is 1.50 bits per heavy atom. The van der Waals surface area contributed by atoms with Gasteiger partial charge >= 0.3 is 5.97 Å². The van der Waals surface area contributed by atoms with Gasteiger partial charge in [0.15, 0.2) is 0 Å². The average molecular weight is 266 g/mol. The van der Waals surface area contributed by atoms with Crippen molar-refractivity contribution < 1.29 is 14.7 Å². The molecule has 0 aliphatic rings. The fourth-order valence-corrected chi connectivity index (χ4v) is 1.94. The minimum Gasteiger partial charge on any atom is -0.480 e. The number of hydrogen-bond acceptors (Lipinski definition) is 5. The van der Waals surface area contributed by atoms with Crippen molar-refractivity contribution in [2.45, 2.75) is 13.1 Å². The lowest BCUT2D eigenvalue weighted by molar-refractivity contribution is -0.137. The van der Waals surface area contributed by atoms with E-state index in [9.17, 15) is 9.59 Å². The maximum absolute atomic E-state index is 11.6. The molecule has 94 valence electrons. The number of aliphatic carboxylic acids is 1. The second-order valence-corrected chi connectivity index (χ2v) is 4.28. The molecule has 0 saturated heterocycles. The topological polar surface area (TPSA) is 97.1 Å². The van der Waals surface area contributed by atoms with Crippen LogP contribution in [-0.4, -0.2) is 32.0 Å². The number of thiophene rings is 1. The number of hydrogen-bond donors (Lipinski definition) is 2. The zero-order valence-electron chi connectivity index (χ0n) is 9.24. The second-order valence-electron chi connectivity index (χ2n) is 3.50. The number of nitrogens with one attached hydrogen (secondary N) is 1. The van der Waals surface area contributed by atoms with Gasteiger partial charge in [-0.05, 0) is 11.4 Å². The van der Waals surface area contributed by atoms with Gasteiger partial charge in [0.25, 0.3) is 5.91 Å². The highest BCUT2D eigenvalue weighted by Crippen LogP contribution is 2.05. The van der Waals surface area contributed by atoms with Crippen molar-refractivity contribution in [2.24, 2.45) is 0 Å². The lowest BCUT2D eigenvalue weighted by Gasteiger charge is -1.99. The summed E-state index contributed by atoms with van der Waals surface area (Å²) in [5.41, 5.74) is 1.11. The second kappa shape index (κ2) is 5.41. The van der Waals surface area contributed by atoms with Crippen LogP contribution >= 0.6 is 11.3 Å². The summed E-state index contributed by atoms with van der Waals surface area (Å²) in [5, 5.41) is 22.2. The monoisotopic (exact) mass is 266 g/mol. The Labute approximate surface area is 106 Å². The van der Waals surface area contributed by atoms with Crippen LogP contribution in [0.15, 0.2) is 23.0 Å². The number of nitrogens with zero attached hydrogens (tertiary/aromatic N) is 3. The summed E-state index contributed by atoms with van der Waals surface area (Å²) in [7, 11) is 0. The van der Waals surface area contributed by atoms with Crippen molar-refractivity contribution in [1.29, 1.82) is 0 Å². The summed E-state index contributed by atoms with van der Waals surface area (Å²) in [6.07, 6.45) is 1.49. The van der Waals surface area contributed by atoms with Crippen LogP contribution in [0.4, 0.5) is 0 Å². The Bertz CT molecular complexity index is 549. The first-order valence-corrected chi connectivity index (χ1v) is 6.00. The van der Waals surface area contributed by atoms with Gasteiger partial charge in [0.05, 0.1) is 12.7 Å². The fraction of sp³-hybridized carbons (Fsp3) is 0.200. The van der Waals surface area contributed by atoms with Crippen LogP contribution in [0.1, 0.15) is 16.1 Å². The van der Waals surface area contributed by atoms with Crippen molar-refractivity contribution in [2.75, 3.05) is 0 Å². The van der Waals surface area contributed by atoms with E-state index in [0.29, 0.717) is 11.3 Å². The van der Waals surface area contributed by atoms with Crippen molar-refractivity contribution in [1.82, 2.24) is 20.3 Å². The van der Waals surface area contributed by atoms with Crippen molar-refractivity contribution >= 4 is 23.2 Å². The van der Waals surface area contributed by atoms with E-state index in [-0.39, 0.29) is 19.0 Å². The lowest BCUT2D eigenvalue weighted by Crippen LogP contribution is -2.22. The third kappa shape index (κ3) is 3.14. The minimum atomic E-state index is -0.992. The summed E-state index contributed by atoms with van der Waals surface area (Å²) in [6, 6.07) is 1.72. The van der Waals surface area contributed by atoms with Gasteiger partial charge in [0.2, 0.25) is 0 Å². The molecule has 2 aromatic rings. The molecule has 18 heavy (non-hydrogen) atoms. The van der Waals surface area contributed by atoms with E-state index in [1.54, 1.807) is 11.4 Å². The molecule has 0 aliphatic carbocycles. The zero-order chi connectivity index (χ0) is 13.0. The minimum absolute atomic E-state index is 0.191. The standard InChI is InChI=1S/C10H10N4O3S/c15-9(16)5-14-4-8(12-13-14)3-11-10(17)7-1-2-18-6-7/h1-2,4,6H,3,5H2,(H,11,17)(H,15,16).